The second kappa shape index (κ2) is 8.27. The van der Waals surface area contributed by atoms with Crippen molar-refractivity contribution in [2.24, 2.45) is 11.3 Å². The van der Waals surface area contributed by atoms with E-state index < -0.39 is 27.6 Å². The van der Waals surface area contributed by atoms with E-state index in [2.05, 4.69) is 4.98 Å². The molecule has 2 fully saturated rings. The summed E-state index contributed by atoms with van der Waals surface area (Å²) >= 11 is 0. The number of carbonyl (C=O) groups is 2. The second-order valence-electron chi connectivity index (χ2n) is 7.25. The standard InChI is InChI=1S/C15H21N3O3S.C2HF3O2/c1-12-9-18(22(2,20)21)11-15(12)5-7-17(14(15)19)10-13-4-3-6-16-8-13;3-2(4,5)1(6)7/h3-4,6,8,12H,5,7,9-11H2,1-2H3;(H,6,7)/t12-,15-;/m1./s1. The van der Waals surface area contributed by atoms with Crippen LogP contribution in [0, 0.1) is 11.3 Å². The van der Waals surface area contributed by atoms with Crippen LogP contribution in [0.15, 0.2) is 24.5 Å². The average Bonchev–Trinajstić information content (AvgIpc) is 3.11. The van der Waals surface area contributed by atoms with Crippen LogP contribution in [0.3, 0.4) is 0 Å². The zero-order valence-electron chi connectivity index (χ0n) is 15.9. The minimum Gasteiger partial charge on any atom is -0.475 e. The largest absolute Gasteiger partial charge is 0.490 e. The first-order valence-corrected chi connectivity index (χ1v) is 10.6. The van der Waals surface area contributed by atoms with Gasteiger partial charge in [-0.25, -0.2) is 17.5 Å². The SMILES string of the molecule is C[C@@H]1CN(S(C)(=O)=O)C[C@]12CCN(Cc1cccnc1)C2=O.O=C(O)C(F)(F)F. The predicted molar refractivity (Wildman–Crippen MR) is 96.0 cm³/mol. The molecule has 1 spiro atoms. The van der Waals surface area contributed by atoms with Crippen molar-refractivity contribution in [1.82, 2.24) is 14.2 Å². The number of pyridine rings is 1. The maximum absolute atomic E-state index is 12.9. The van der Waals surface area contributed by atoms with Gasteiger partial charge in [-0.05, 0) is 24.0 Å². The quantitative estimate of drug-likeness (QED) is 0.765. The van der Waals surface area contributed by atoms with Gasteiger partial charge in [0.05, 0.1) is 11.7 Å². The summed E-state index contributed by atoms with van der Waals surface area (Å²) in [6.45, 7) is 3.95. The zero-order chi connectivity index (χ0) is 22.0. The molecule has 0 unspecified atom stereocenters. The van der Waals surface area contributed by atoms with Crippen LogP contribution < -0.4 is 0 Å². The van der Waals surface area contributed by atoms with E-state index >= 15 is 0 Å². The summed E-state index contributed by atoms with van der Waals surface area (Å²) in [4.78, 5) is 27.7. The molecule has 2 saturated heterocycles. The molecule has 2 atom stereocenters. The number of nitrogens with zero attached hydrogens (tertiary/aromatic N) is 3. The highest BCUT2D eigenvalue weighted by Crippen LogP contribution is 2.45. The van der Waals surface area contributed by atoms with E-state index in [1.165, 1.54) is 10.6 Å². The van der Waals surface area contributed by atoms with E-state index in [1.807, 2.05) is 24.0 Å². The highest BCUT2D eigenvalue weighted by Gasteiger charge is 2.56. The van der Waals surface area contributed by atoms with Crippen LogP contribution in [0.1, 0.15) is 18.9 Å². The van der Waals surface area contributed by atoms with E-state index in [4.69, 9.17) is 9.90 Å². The number of amides is 1. The Balaban J connectivity index is 0.000000370. The van der Waals surface area contributed by atoms with Crippen molar-refractivity contribution in [3.8, 4) is 0 Å². The number of aromatic nitrogens is 1. The van der Waals surface area contributed by atoms with Crippen molar-refractivity contribution in [1.29, 1.82) is 0 Å². The third-order valence-electron chi connectivity index (χ3n) is 5.23. The monoisotopic (exact) mass is 437 g/mol. The number of likely N-dealkylation sites (tertiary alicyclic amines) is 1. The Hall–Kier alpha value is -2.21. The van der Waals surface area contributed by atoms with E-state index in [1.54, 1.807) is 12.4 Å². The van der Waals surface area contributed by atoms with Gasteiger partial charge in [-0.1, -0.05) is 13.0 Å². The lowest BCUT2D eigenvalue weighted by atomic mass is 9.78. The number of hydrogen-bond donors (Lipinski definition) is 1. The van der Waals surface area contributed by atoms with E-state index in [0.717, 1.165) is 12.0 Å². The number of carbonyl (C=O) groups excluding carboxylic acids is 1. The molecule has 3 heterocycles. The Morgan fingerprint density at radius 1 is 1.41 bits per heavy atom. The molecule has 1 aromatic rings. The van der Waals surface area contributed by atoms with E-state index in [-0.39, 0.29) is 11.8 Å². The van der Waals surface area contributed by atoms with Crippen molar-refractivity contribution in [3.63, 3.8) is 0 Å². The van der Waals surface area contributed by atoms with Crippen molar-refractivity contribution in [3.05, 3.63) is 30.1 Å². The van der Waals surface area contributed by atoms with Crippen molar-refractivity contribution >= 4 is 21.9 Å². The topological polar surface area (TPSA) is 108 Å². The summed E-state index contributed by atoms with van der Waals surface area (Å²) in [6, 6.07) is 3.81. The molecule has 29 heavy (non-hydrogen) atoms. The van der Waals surface area contributed by atoms with Crippen LogP contribution in [0.4, 0.5) is 13.2 Å². The fraction of sp³-hybridized carbons (Fsp3) is 0.588. The lowest BCUT2D eigenvalue weighted by molar-refractivity contribution is -0.192. The molecule has 1 N–H and O–H groups in total. The highest BCUT2D eigenvalue weighted by molar-refractivity contribution is 7.88. The number of aliphatic carboxylic acids is 1. The Morgan fingerprint density at radius 2 is 2.03 bits per heavy atom. The van der Waals surface area contributed by atoms with Gasteiger partial charge in [0.1, 0.15) is 0 Å². The van der Waals surface area contributed by atoms with Crippen LogP contribution in [-0.2, 0) is 26.2 Å². The lowest BCUT2D eigenvalue weighted by Gasteiger charge is -2.26. The van der Waals surface area contributed by atoms with Gasteiger partial charge in [-0.15, -0.1) is 0 Å². The molecule has 0 aliphatic carbocycles. The third-order valence-corrected chi connectivity index (χ3v) is 6.44. The number of halogens is 3. The Bertz CT molecular complexity index is 863. The number of alkyl halides is 3. The van der Waals surface area contributed by atoms with Gasteiger partial charge < -0.3 is 10.0 Å². The summed E-state index contributed by atoms with van der Waals surface area (Å²) in [5, 5.41) is 7.12. The molecular weight excluding hydrogens is 415 g/mol. The Morgan fingerprint density at radius 3 is 2.48 bits per heavy atom. The van der Waals surface area contributed by atoms with Gasteiger partial charge in [0.25, 0.3) is 0 Å². The second-order valence-corrected chi connectivity index (χ2v) is 9.24. The fourth-order valence-corrected chi connectivity index (χ4v) is 4.55. The Kier molecular flexibility index (Phi) is 6.58. The molecule has 0 aromatic carbocycles. The first-order valence-electron chi connectivity index (χ1n) is 8.71. The fourth-order valence-electron chi connectivity index (χ4n) is 3.59. The highest BCUT2D eigenvalue weighted by atomic mass is 32.2. The van der Waals surface area contributed by atoms with Crippen molar-refractivity contribution < 1.29 is 36.3 Å². The van der Waals surface area contributed by atoms with Crippen LogP contribution in [0.2, 0.25) is 0 Å². The van der Waals surface area contributed by atoms with Gasteiger partial charge in [0.2, 0.25) is 15.9 Å². The van der Waals surface area contributed by atoms with Gasteiger partial charge >= 0.3 is 12.1 Å². The van der Waals surface area contributed by atoms with Gasteiger partial charge in [-0.2, -0.15) is 13.2 Å². The van der Waals surface area contributed by atoms with Crippen LogP contribution in [0.25, 0.3) is 0 Å². The summed E-state index contributed by atoms with van der Waals surface area (Å²) < 4.78 is 56.8. The number of rotatable bonds is 3. The molecular formula is C17H22F3N3O5S. The number of sulfonamides is 1. The van der Waals surface area contributed by atoms with E-state index in [9.17, 15) is 26.4 Å². The molecule has 12 heteroatoms. The maximum Gasteiger partial charge on any atom is 0.490 e. The average molecular weight is 437 g/mol. The minimum atomic E-state index is -5.08. The number of carboxylic acids is 1. The smallest absolute Gasteiger partial charge is 0.475 e. The molecule has 162 valence electrons. The molecule has 8 nitrogen and oxygen atoms in total. The summed E-state index contributed by atoms with van der Waals surface area (Å²) in [5.74, 6) is -2.63. The first-order chi connectivity index (χ1) is 13.3. The normalized spacial score (nSPS) is 25.2. The lowest BCUT2D eigenvalue weighted by Crippen LogP contribution is -2.40. The minimum absolute atomic E-state index is 0.0497. The van der Waals surface area contributed by atoms with Crippen molar-refractivity contribution in [2.45, 2.75) is 26.1 Å². The van der Waals surface area contributed by atoms with E-state index in [0.29, 0.717) is 26.2 Å². The zero-order valence-corrected chi connectivity index (χ0v) is 16.7. The molecule has 1 aromatic heterocycles. The summed E-state index contributed by atoms with van der Waals surface area (Å²) in [7, 11) is -3.25. The van der Waals surface area contributed by atoms with Crippen LogP contribution >= 0.6 is 0 Å². The molecule has 2 aliphatic heterocycles. The Labute approximate surface area is 166 Å². The molecule has 0 saturated carbocycles. The molecule has 0 radical (unpaired) electrons. The van der Waals surface area contributed by atoms with Crippen LogP contribution in [0.5, 0.6) is 0 Å². The van der Waals surface area contributed by atoms with Gasteiger partial charge in [0.15, 0.2) is 0 Å². The maximum atomic E-state index is 12.9. The molecule has 1 amide bonds. The number of carboxylic acid groups (broad SMARTS) is 1. The molecule has 3 rings (SSSR count). The van der Waals surface area contributed by atoms with Gasteiger partial charge in [0, 0.05) is 38.6 Å². The van der Waals surface area contributed by atoms with Crippen molar-refractivity contribution in [2.75, 3.05) is 25.9 Å². The van der Waals surface area contributed by atoms with Gasteiger partial charge in [-0.3, -0.25) is 9.78 Å². The molecule has 0 bridgehead atoms. The summed E-state index contributed by atoms with van der Waals surface area (Å²) in [5.41, 5.74) is 0.448. The number of hydrogen-bond acceptors (Lipinski definition) is 5. The predicted octanol–water partition coefficient (Wildman–Crippen LogP) is 1.34. The summed E-state index contributed by atoms with van der Waals surface area (Å²) in [6.07, 6.45) is 0.323. The van der Waals surface area contributed by atoms with Crippen LogP contribution in [-0.4, -0.2) is 71.7 Å². The first kappa shape index (κ1) is 23.1. The molecule has 2 aliphatic rings. The third kappa shape index (κ3) is 5.24.